The summed E-state index contributed by atoms with van der Waals surface area (Å²) in [5.41, 5.74) is 1.90. The van der Waals surface area contributed by atoms with Crippen LogP contribution in [-0.4, -0.2) is 10.9 Å². The highest BCUT2D eigenvalue weighted by Gasteiger charge is 2.14. The quantitative estimate of drug-likeness (QED) is 0.835. The van der Waals surface area contributed by atoms with Gasteiger partial charge in [0.25, 0.3) is 0 Å². The lowest BCUT2D eigenvalue weighted by Gasteiger charge is -2.12. The summed E-state index contributed by atoms with van der Waals surface area (Å²) >= 11 is 0. The Bertz CT molecular complexity index is 562. The number of anilines is 3. The molecule has 1 amide bonds. The Balaban J connectivity index is 1.97. The molecule has 0 atom stereocenters. The molecular weight excluding hydrogens is 262 g/mol. The van der Waals surface area contributed by atoms with Gasteiger partial charge in [-0.05, 0) is 37.1 Å². The molecule has 2 N–H and O–H groups in total. The summed E-state index contributed by atoms with van der Waals surface area (Å²) in [7, 11) is 0. The molecule has 0 aliphatic carbocycles. The number of carbonyl (C=O) groups is 1. The number of amides is 1. The number of aromatic nitrogens is 1. The minimum atomic E-state index is 0.0382. The van der Waals surface area contributed by atoms with Gasteiger partial charge in [0.05, 0.1) is 11.9 Å². The van der Waals surface area contributed by atoms with Crippen molar-refractivity contribution in [2.24, 2.45) is 5.92 Å². The monoisotopic (exact) mass is 283 g/mol. The summed E-state index contributed by atoms with van der Waals surface area (Å²) in [6.45, 7) is 4.04. The van der Waals surface area contributed by atoms with E-state index in [1.54, 1.807) is 6.20 Å². The molecule has 0 aliphatic rings. The number of para-hydroxylation sites is 1. The van der Waals surface area contributed by atoms with E-state index in [4.69, 9.17) is 0 Å². The van der Waals surface area contributed by atoms with Crippen molar-refractivity contribution in [1.29, 1.82) is 0 Å². The van der Waals surface area contributed by atoms with Crippen molar-refractivity contribution in [2.45, 2.75) is 26.7 Å². The Kier molecular flexibility index (Phi) is 5.32. The number of rotatable bonds is 6. The van der Waals surface area contributed by atoms with Crippen LogP contribution in [0.3, 0.4) is 0 Å². The molecule has 2 rings (SSSR count). The van der Waals surface area contributed by atoms with Gasteiger partial charge in [0, 0.05) is 11.6 Å². The molecule has 0 fully saturated rings. The van der Waals surface area contributed by atoms with Gasteiger partial charge in [0.15, 0.2) is 0 Å². The van der Waals surface area contributed by atoms with Crippen LogP contribution >= 0.6 is 0 Å². The van der Waals surface area contributed by atoms with Gasteiger partial charge in [-0.3, -0.25) is 4.79 Å². The highest BCUT2D eigenvalue weighted by molar-refractivity contribution is 5.91. The molecule has 1 aromatic heterocycles. The zero-order valence-corrected chi connectivity index (χ0v) is 12.5. The molecule has 0 saturated heterocycles. The average Bonchev–Trinajstić information content (AvgIpc) is 2.51. The molecule has 2 aromatic rings. The Morgan fingerprint density at radius 1 is 1.05 bits per heavy atom. The third-order valence-electron chi connectivity index (χ3n) is 3.43. The maximum absolute atomic E-state index is 12.0. The Labute approximate surface area is 125 Å². The first-order valence-electron chi connectivity index (χ1n) is 7.32. The van der Waals surface area contributed by atoms with Gasteiger partial charge in [-0.2, -0.15) is 0 Å². The van der Waals surface area contributed by atoms with E-state index < -0.39 is 0 Å². The highest BCUT2D eigenvalue weighted by Crippen LogP contribution is 2.17. The number of nitrogens with zero attached hydrogens (tertiary/aromatic N) is 1. The van der Waals surface area contributed by atoms with E-state index in [1.165, 1.54) is 0 Å². The number of hydrogen-bond acceptors (Lipinski definition) is 3. The first-order chi connectivity index (χ1) is 10.2. The van der Waals surface area contributed by atoms with Crippen molar-refractivity contribution in [1.82, 2.24) is 4.98 Å². The largest absolute Gasteiger partial charge is 0.354 e. The minimum absolute atomic E-state index is 0.0382. The van der Waals surface area contributed by atoms with Gasteiger partial charge in [-0.1, -0.05) is 32.0 Å². The van der Waals surface area contributed by atoms with Crippen molar-refractivity contribution >= 4 is 23.1 Å². The fourth-order valence-electron chi connectivity index (χ4n) is 2.12. The Morgan fingerprint density at radius 3 is 2.33 bits per heavy atom. The third-order valence-corrected chi connectivity index (χ3v) is 3.43. The minimum Gasteiger partial charge on any atom is -0.354 e. The van der Waals surface area contributed by atoms with E-state index in [2.05, 4.69) is 15.6 Å². The second-order valence-corrected chi connectivity index (χ2v) is 4.93. The zero-order valence-electron chi connectivity index (χ0n) is 12.5. The molecule has 21 heavy (non-hydrogen) atoms. The lowest BCUT2D eigenvalue weighted by Crippen LogP contribution is -2.22. The molecule has 4 nitrogen and oxygen atoms in total. The summed E-state index contributed by atoms with van der Waals surface area (Å²) < 4.78 is 0. The van der Waals surface area contributed by atoms with Crippen LogP contribution in [0.1, 0.15) is 26.7 Å². The predicted octanol–water partition coefficient (Wildman–Crippen LogP) is 4.20. The number of hydrogen-bond donors (Lipinski definition) is 2. The number of pyridine rings is 1. The maximum Gasteiger partial charge on any atom is 0.228 e. The Morgan fingerprint density at radius 2 is 1.76 bits per heavy atom. The molecule has 0 bridgehead atoms. The first-order valence-corrected chi connectivity index (χ1v) is 7.32. The summed E-state index contributed by atoms with van der Waals surface area (Å²) in [6, 6.07) is 13.6. The van der Waals surface area contributed by atoms with E-state index in [9.17, 15) is 4.79 Å². The van der Waals surface area contributed by atoms with Crippen LogP contribution in [0, 0.1) is 5.92 Å². The fourth-order valence-corrected chi connectivity index (χ4v) is 2.12. The van der Waals surface area contributed by atoms with Crippen LogP contribution in [-0.2, 0) is 4.79 Å². The second-order valence-electron chi connectivity index (χ2n) is 4.93. The SMILES string of the molecule is CCC(CC)C(=O)Nc1ccc(Nc2ccccc2)cn1. The summed E-state index contributed by atoms with van der Waals surface area (Å²) in [6.07, 6.45) is 3.40. The maximum atomic E-state index is 12.0. The standard InChI is InChI=1S/C17H21N3O/c1-3-13(4-2)17(21)20-16-11-10-15(12-18-16)19-14-8-6-5-7-9-14/h5-13,19H,3-4H2,1-2H3,(H,18,20,21). The molecule has 1 aromatic carbocycles. The van der Waals surface area contributed by atoms with Crippen LogP contribution in [0.4, 0.5) is 17.2 Å². The van der Waals surface area contributed by atoms with Gasteiger partial charge in [-0.25, -0.2) is 4.98 Å². The molecule has 0 aliphatic heterocycles. The predicted molar refractivity (Wildman–Crippen MR) is 86.7 cm³/mol. The fraction of sp³-hybridized carbons (Fsp3) is 0.294. The van der Waals surface area contributed by atoms with Crippen molar-refractivity contribution in [3.63, 3.8) is 0 Å². The topological polar surface area (TPSA) is 54.0 Å². The molecule has 110 valence electrons. The van der Waals surface area contributed by atoms with E-state index >= 15 is 0 Å². The van der Waals surface area contributed by atoms with Crippen molar-refractivity contribution < 1.29 is 4.79 Å². The highest BCUT2D eigenvalue weighted by atomic mass is 16.1. The van der Waals surface area contributed by atoms with Crippen molar-refractivity contribution in [3.8, 4) is 0 Å². The van der Waals surface area contributed by atoms with Crippen LogP contribution in [0.25, 0.3) is 0 Å². The van der Waals surface area contributed by atoms with Crippen LogP contribution in [0.15, 0.2) is 48.7 Å². The van der Waals surface area contributed by atoms with Crippen LogP contribution < -0.4 is 10.6 Å². The molecule has 0 radical (unpaired) electrons. The van der Waals surface area contributed by atoms with E-state index in [-0.39, 0.29) is 11.8 Å². The van der Waals surface area contributed by atoms with Gasteiger partial charge < -0.3 is 10.6 Å². The molecule has 0 spiro atoms. The van der Waals surface area contributed by atoms with Crippen LogP contribution in [0.5, 0.6) is 0 Å². The first kappa shape index (κ1) is 15.0. The number of carbonyl (C=O) groups excluding carboxylic acids is 1. The van der Waals surface area contributed by atoms with Gasteiger partial charge in [0.2, 0.25) is 5.91 Å². The van der Waals surface area contributed by atoms with Crippen LogP contribution in [0.2, 0.25) is 0 Å². The second kappa shape index (κ2) is 7.43. The van der Waals surface area contributed by atoms with E-state index in [0.29, 0.717) is 5.82 Å². The lowest BCUT2D eigenvalue weighted by molar-refractivity contribution is -0.120. The molecule has 4 heteroatoms. The normalized spacial score (nSPS) is 10.4. The van der Waals surface area contributed by atoms with Crippen molar-refractivity contribution in [3.05, 3.63) is 48.7 Å². The Hall–Kier alpha value is -2.36. The van der Waals surface area contributed by atoms with Gasteiger partial charge >= 0.3 is 0 Å². The number of benzene rings is 1. The smallest absolute Gasteiger partial charge is 0.228 e. The molecule has 1 heterocycles. The summed E-state index contributed by atoms with van der Waals surface area (Å²) in [5, 5.41) is 6.11. The van der Waals surface area contributed by atoms with Gasteiger partial charge in [0.1, 0.15) is 5.82 Å². The molecular formula is C17H21N3O. The molecule has 0 saturated carbocycles. The zero-order chi connectivity index (χ0) is 15.1. The average molecular weight is 283 g/mol. The summed E-state index contributed by atoms with van der Waals surface area (Å²) in [4.78, 5) is 16.3. The van der Waals surface area contributed by atoms with Gasteiger partial charge in [-0.15, -0.1) is 0 Å². The van der Waals surface area contributed by atoms with E-state index in [1.807, 2.05) is 56.3 Å². The summed E-state index contributed by atoms with van der Waals surface area (Å²) in [5.74, 6) is 0.677. The third kappa shape index (κ3) is 4.31. The van der Waals surface area contributed by atoms with E-state index in [0.717, 1.165) is 24.2 Å². The number of nitrogens with one attached hydrogen (secondary N) is 2. The van der Waals surface area contributed by atoms with Crippen molar-refractivity contribution in [2.75, 3.05) is 10.6 Å². The molecule has 0 unspecified atom stereocenters. The lowest BCUT2D eigenvalue weighted by atomic mass is 10.0.